The summed E-state index contributed by atoms with van der Waals surface area (Å²) >= 11 is 0. The van der Waals surface area contributed by atoms with Gasteiger partial charge in [-0.25, -0.2) is 8.42 Å². The van der Waals surface area contributed by atoms with Gasteiger partial charge in [-0.3, -0.25) is 0 Å². The van der Waals surface area contributed by atoms with Gasteiger partial charge in [0.05, 0.1) is 11.3 Å². The molecule has 4 nitrogen and oxygen atoms in total. The summed E-state index contributed by atoms with van der Waals surface area (Å²) in [6, 6.07) is 2.04. The van der Waals surface area contributed by atoms with Gasteiger partial charge < -0.3 is 0 Å². The van der Waals surface area contributed by atoms with Crippen LogP contribution in [0.1, 0.15) is 33.1 Å². The first-order chi connectivity index (χ1) is 5.92. The molecule has 0 amide bonds. The van der Waals surface area contributed by atoms with Crippen LogP contribution in [0.2, 0.25) is 0 Å². The molecular formula is C8H14N2O2S. The zero-order chi connectivity index (χ0) is 10.1. The summed E-state index contributed by atoms with van der Waals surface area (Å²) in [6.07, 6.45) is 2.19. The molecule has 1 saturated carbocycles. The molecule has 0 saturated heterocycles. The molecule has 0 unspecified atom stereocenters. The van der Waals surface area contributed by atoms with Gasteiger partial charge in [-0.15, -0.1) is 0 Å². The summed E-state index contributed by atoms with van der Waals surface area (Å²) in [5.74, 6) is 0. The van der Waals surface area contributed by atoms with E-state index in [-0.39, 0.29) is 0 Å². The van der Waals surface area contributed by atoms with Crippen LogP contribution in [-0.2, 0) is 10.0 Å². The topological polar surface area (TPSA) is 70.0 Å². The second-order valence-corrected chi connectivity index (χ2v) is 5.98. The van der Waals surface area contributed by atoms with E-state index in [0.29, 0.717) is 12.8 Å². The Morgan fingerprint density at radius 1 is 1.46 bits per heavy atom. The maximum absolute atomic E-state index is 11.4. The van der Waals surface area contributed by atoms with Crippen molar-refractivity contribution in [3.8, 4) is 6.07 Å². The third-order valence-corrected chi connectivity index (χ3v) is 4.30. The molecule has 1 N–H and O–H groups in total. The number of hydrogen-bond acceptors (Lipinski definition) is 3. The highest BCUT2D eigenvalue weighted by Gasteiger charge is 2.41. The highest BCUT2D eigenvalue weighted by atomic mass is 32.2. The Morgan fingerprint density at radius 3 is 2.23 bits per heavy atom. The molecule has 0 aromatic rings. The van der Waals surface area contributed by atoms with E-state index in [1.165, 1.54) is 0 Å². The number of hydrogen-bond donors (Lipinski definition) is 1. The Kier molecular flexibility index (Phi) is 2.64. The first-order valence-electron chi connectivity index (χ1n) is 4.36. The maximum atomic E-state index is 11.4. The summed E-state index contributed by atoms with van der Waals surface area (Å²) < 4.78 is 25.3. The van der Waals surface area contributed by atoms with Gasteiger partial charge in [-0.05, 0) is 33.1 Å². The molecule has 13 heavy (non-hydrogen) atoms. The van der Waals surface area contributed by atoms with Crippen molar-refractivity contribution < 1.29 is 8.42 Å². The van der Waals surface area contributed by atoms with E-state index in [1.807, 2.05) is 6.07 Å². The fraction of sp³-hybridized carbons (Fsp3) is 0.875. The van der Waals surface area contributed by atoms with Gasteiger partial charge in [-0.2, -0.15) is 9.98 Å². The highest BCUT2D eigenvalue weighted by molar-refractivity contribution is 7.90. The molecular weight excluding hydrogens is 188 g/mol. The molecule has 0 aliphatic heterocycles. The normalized spacial score (nSPS) is 20.8. The summed E-state index contributed by atoms with van der Waals surface area (Å²) in [7, 11) is -3.30. The van der Waals surface area contributed by atoms with Crippen molar-refractivity contribution in [2.75, 3.05) is 0 Å². The van der Waals surface area contributed by atoms with Crippen molar-refractivity contribution in [2.45, 2.75) is 43.9 Å². The van der Waals surface area contributed by atoms with Crippen molar-refractivity contribution >= 4 is 10.0 Å². The molecule has 0 aromatic heterocycles. The van der Waals surface area contributed by atoms with E-state index >= 15 is 0 Å². The predicted octanol–water partition coefficient (Wildman–Crippen LogP) is 0.760. The summed E-state index contributed by atoms with van der Waals surface area (Å²) in [5, 5.41) is 8.33. The van der Waals surface area contributed by atoms with Crippen molar-refractivity contribution in [3.05, 3.63) is 0 Å². The van der Waals surface area contributed by atoms with Gasteiger partial charge in [0, 0.05) is 0 Å². The minimum absolute atomic E-state index is 0.474. The second kappa shape index (κ2) is 3.28. The Labute approximate surface area is 79.0 Å². The lowest BCUT2D eigenvalue weighted by molar-refractivity contribution is 0.295. The molecule has 0 spiro atoms. The standard InChI is InChI=1S/C8H14N2O2S/c1-7(2)13(11,12)10-8(6-9)4-3-5-8/h7,10H,3-5H2,1-2H3. The number of nitriles is 1. The largest absolute Gasteiger partial charge is 0.215 e. The number of nitrogens with zero attached hydrogens (tertiary/aromatic N) is 1. The minimum Gasteiger partial charge on any atom is -0.212 e. The second-order valence-electron chi connectivity index (χ2n) is 3.74. The quantitative estimate of drug-likeness (QED) is 0.734. The van der Waals surface area contributed by atoms with E-state index < -0.39 is 20.8 Å². The lowest BCUT2D eigenvalue weighted by Crippen LogP contribution is -2.53. The van der Waals surface area contributed by atoms with Crippen molar-refractivity contribution in [3.63, 3.8) is 0 Å². The Bertz CT molecular complexity index is 323. The molecule has 1 rings (SSSR count). The Balaban J connectivity index is 2.74. The van der Waals surface area contributed by atoms with Crippen LogP contribution in [0.15, 0.2) is 0 Å². The molecule has 1 fully saturated rings. The fourth-order valence-corrected chi connectivity index (χ4v) is 2.19. The van der Waals surface area contributed by atoms with Crippen molar-refractivity contribution in [1.82, 2.24) is 4.72 Å². The summed E-state index contributed by atoms with van der Waals surface area (Å²) in [6.45, 7) is 3.21. The van der Waals surface area contributed by atoms with Gasteiger partial charge in [0.2, 0.25) is 10.0 Å². The van der Waals surface area contributed by atoms with Gasteiger partial charge in [0.25, 0.3) is 0 Å². The van der Waals surface area contributed by atoms with E-state index in [0.717, 1.165) is 6.42 Å². The van der Waals surface area contributed by atoms with E-state index in [2.05, 4.69) is 4.72 Å². The molecule has 0 heterocycles. The molecule has 1 aliphatic rings. The zero-order valence-electron chi connectivity index (χ0n) is 7.87. The molecule has 1 aliphatic carbocycles. The first-order valence-corrected chi connectivity index (χ1v) is 5.90. The van der Waals surface area contributed by atoms with Gasteiger partial charge in [0.1, 0.15) is 5.54 Å². The van der Waals surface area contributed by atoms with Crippen LogP contribution in [0.5, 0.6) is 0 Å². The van der Waals surface area contributed by atoms with E-state index in [4.69, 9.17) is 5.26 Å². The van der Waals surface area contributed by atoms with Gasteiger partial charge >= 0.3 is 0 Å². The Hall–Kier alpha value is -0.600. The molecule has 0 aromatic carbocycles. The third kappa shape index (κ3) is 2.01. The molecule has 0 radical (unpaired) electrons. The van der Waals surface area contributed by atoms with Crippen LogP contribution in [-0.4, -0.2) is 19.2 Å². The van der Waals surface area contributed by atoms with Crippen LogP contribution in [0, 0.1) is 11.3 Å². The van der Waals surface area contributed by atoms with Crippen LogP contribution >= 0.6 is 0 Å². The minimum atomic E-state index is -3.30. The van der Waals surface area contributed by atoms with Crippen LogP contribution in [0.4, 0.5) is 0 Å². The molecule has 74 valence electrons. The predicted molar refractivity (Wildman–Crippen MR) is 49.4 cm³/mol. The van der Waals surface area contributed by atoms with E-state index in [1.54, 1.807) is 13.8 Å². The van der Waals surface area contributed by atoms with Gasteiger partial charge in [-0.1, -0.05) is 0 Å². The lowest BCUT2D eigenvalue weighted by Gasteiger charge is -2.35. The van der Waals surface area contributed by atoms with Crippen LogP contribution in [0.3, 0.4) is 0 Å². The van der Waals surface area contributed by atoms with Gasteiger partial charge in [0.15, 0.2) is 0 Å². The first kappa shape index (κ1) is 10.5. The van der Waals surface area contributed by atoms with E-state index in [9.17, 15) is 8.42 Å². The SMILES string of the molecule is CC(C)S(=O)(=O)NC1(C#N)CCC1. The maximum Gasteiger partial charge on any atom is 0.215 e. The van der Waals surface area contributed by atoms with Crippen molar-refractivity contribution in [2.24, 2.45) is 0 Å². The average molecular weight is 202 g/mol. The molecule has 5 heteroatoms. The smallest absolute Gasteiger partial charge is 0.212 e. The monoisotopic (exact) mass is 202 g/mol. The number of rotatable bonds is 3. The Morgan fingerprint density at radius 2 is 2.00 bits per heavy atom. The molecule has 0 bridgehead atoms. The number of nitrogens with one attached hydrogen (secondary N) is 1. The highest BCUT2D eigenvalue weighted by Crippen LogP contribution is 2.31. The third-order valence-electron chi connectivity index (χ3n) is 2.38. The van der Waals surface area contributed by atoms with Crippen molar-refractivity contribution in [1.29, 1.82) is 5.26 Å². The zero-order valence-corrected chi connectivity index (χ0v) is 8.69. The number of sulfonamides is 1. The summed E-state index contributed by atoms with van der Waals surface area (Å²) in [5.41, 5.74) is -0.802. The summed E-state index contributed by atoms with van der Waals surface area (Å²) in [4.78, 5) is 0. The van der Waals surface area contributed by atoms with Crippen LogP contribution in [0.25, 0.3) is 0 Å². The lowest BCUT2D eigenvalue weighted by atomic mass is 9.79. The molecule has 0 atom stereocenters. The fourth-order valence-electron chi connectivity index (χ4n) is 1.16. The average Bonchev–Trinajstić information content (AvgIpc) is 1.96. The van der Waals surface area contributed by atoms with Crippen LogP contribution < -0.4 is 4.72 Å².